The summed E-state index contributed by atoms with van der Waals surface area (Å²) in [4.78, 5) is 16.5. The van der Waals surface area contributed by atoms with E-state index < -0.39 is 0 Å². The van der Waals surface area contributed by atoms with Crippen molar-refractivity contribution in [1.29, 1.82) is 5.26 Å². The molecule has 6 nitrogen and oxygen atoms in total. The van der Waals surface area contributed by atoms with Gasteiger partial charge in [0.2, 0.25) is 0 Å². The molecule has 2 N–H and O–H groups in total. The van der Waals surface area contributed by atoms with Crippen LogP contribution < -0.4 is 15.4 Å². The van der Waals surface area contributed by atoms with E-state index in [9.17, 15) is 4.79 Å². The fourth-order valence-electron chi connectivity index (χ4n) is 2.35. The first-order valence-electron chi connectivity index (χ1n) is 7.87. The first-order chi connectivity index (χ1) is 12.7. The van der Waals surface area contributed by atoms with Gasteiger partial charge in [0.15, 0.2) is 0 Å². The summed E-state index contributed by atoms with van der Waals surface area (Å²) in [6, 6.07) is 19.7. The highest BCUT2D eigenvalue weighted by Crippen LogP contribution is 2.21. The van der Waals surface area contributed by atoms with E-state index in [-0.39, 0.29) is 11.6 Å². The number of carbonyl (C=O) groups excluding carboxylic acids is 1. The first-order valence-corrected chi connectivity index (χ1v) is 7.87. The number of ether oxygens (including phenoxy) is 1. The maximum atomic E-state index is 12.4. The summed E-state index contributed by atoms with van der Waals surface area (Å²) >= 11 is 0. The van der Waals surface area contributed by atoms with Crippen molar-refractivity contribution in [2.45, 2.75) is 0 Å². The van der Waals surface area contributed by atoms with Crippen LogP contribution >= 0.6 is 0 Å². The number of anilines is 3. The Balaban J connectivity index is 1.75. The van der Waals surface area contributed by atoms with Gasteiger partial charge in [0, 0.05) is 17.6 Å². The van der Waals surface area contributed by atoms with E-state index in [0.29, 0.717) is 28.4 Å². The summed E-state index contributed by atoms with van der Waals surface area (Å²) in [6.45, 7) is 0. The van der Waals surface area contributed by atoms with E-state index in [1.165, 1.54) is 0 Å². The SMILES string of the molecule is COc1ccc(NC(=O)c2cc(Nc3ccccc3C#N)ccn2)cc1. The number of benzene rings is 2. The summed E-state index contributed by atoms with van der Waals surface area (Å²) in [6.07, 6.45) is 1.54. The van der Waals surface area contributed by atoms with Gasteiger partial charge in [-0.15, -0.1) is 0 Å². The van der Waals surface area contributed by atoms with Crippen LogP contribution in [-0.2, 0) is 0 Å². The second kappa shape index (κ2) is 7.81. The normalized spacial score (nSPS) is 9.85. The Morgan fingerprint density at radius 2 is 1.85 bits per heavy atom. The molecule has 0 spiro atoms. The van der Waals surface area contributed by atoms with Crippen molar-refractivity contribution >= 4 is 23.0 Å². The zero-order valence-electron chi connectivity index (χ0n) is 14.1. The predicted molar refractivity (Wildman–Crippen MR) is 99.6 cm³/mol. The third-order valence-corrected chi connectivity index (χ3v) is 3.67. The van der Waals surface area contributed by atoms with Gasteiger partial charge in [-0.25, -0.2) is 0 Å². The molecular weight excluding hydrogens is 328 g/mol. The number of methoxy groups -OCH3 is 1. The average molecular weight is 344 g/mol. The smallest absolute Gasteiger partial charge is 0.274 e. The molecule has 0 radical (unpaired) electrons. The molecule has 0 aliphatic carbocycles. The number of hydrogen-bond acceptors (Lipinski definition) is 5. The van der Waals surface area contributed by atoms with Crippen LogP contribution in [0.15, 0.2) is 66.9 Å². The summed E-state index contributed by atoms with van der Waals surface area (Å²) < 4.78 is 5.09. The second-order valence-electron chi connectivity index (χ2n) is 5.39. The van der Waals surface area contributed by atoms with E-state index in [1.54, 1.807) is 67.9 Å². The van der Waals surface area contributed by atoms with Crippen molar-refractivity contribution in [1.82, 2.24) is 4.98 Å². The van der Waals surface area contributed by atoms with E-state index in [0.717, 1.165) is 0 Å². The minimum atomic E-state index is -0.326. The molecule has 0 aliphatic rings. The maximum Gasteiger partial charge on any atom is 0.274 e. The molecule has 0 unspecified atom stereocenters. The van der Waals surface area contributed by atoms with Gasteiger partial charge in [-0.3, -0.25) is 9.78 Å². The fourth-order valence-corrected chi connectivity index (χ4v) is 2.35. The van der Waals surface area contributed by atoms with Gasteiger partial charge in [0.25, 0.3) is 5.91 Å². The third kappa shape index (κ3) is 3.97. The predicted octanol–water partition coefficient (Wildman–Crippen LogP) is 3.96. The molecule has 128 valence electrons. The van der Waals surface area contributed by atoms with Gasteiger partial charge in [-0.2, -0.15) is 5.26 Å². The van der Waals surface area contributed by atoms with E-state index in [2.05, 4.69) is 21.7 Å². The topological polar surface area (TPSA) is 87.0 Å². The van der Waals surface area contributed by atoms with E-state index in [4.69, 9.17) is 10.00 Å². The maximum absolute atomic E-state index is 12.4. The molecule has 2 aromatic carbocycles. The van der Waals surface area contributed by atoms with Gasteiger partial charge in [-0.05, 0) is 48.5 Å². The Hall–Kier alpha value is -3.85. The Bertz CT molecular complexity index is 962. The summed E-state index contributed by atoms with van der Waals surface area (Å²) in [7, 11) is 1.58. The molecular formula is C20H16N4O2. The van der Waals surface area contributed by atoms with Crippen LogP contribution in [0.4, 0.5) is 17.1 Å². The van der Waals surface area contributed by atoms with Crippen LogP contribution in [0.25, 0.3) is 0 Å². The number of carbonyl (C=O) groups is 1. The third-order valence-electron chi connectivity index (χ3n) is 3.67. The van der Waals surface area contributed by atoms with E-state index in [1.807, 2.05) is 6.07 Å². The number of amides is 1. The van der Waals surface area contributed by atoms with Crippen LogP contribution in [-0.4, -0.2) is 18.0 Å². The van der Waals surface area contributed by atoms with Gasteiger partial charge < -0.3 is 15.4 Å². The monoisotopic (exact) mass is 344 g/mol. The number of nitrogens with zero attached hydrogens (tertiary/aromatic N) is 2. The highest BCUT2D eigenvalue weighted by atomic mass is 16.5. The second-order valence-corrected chi connectivity index (χ2v) is 5.39. The Morgan fingerprint density at radius 1 is 1.08 bits per heavy atom. The molecule has 3 aromatic rings. The lowest BCUT2D eigenvalue weighted by Gasteiger charge is -2.10. The Labute approximate surface area is 151 Å². The fraction of sp³-hybridized carbons (Fsp3) is 0.0500. The molecule has 0 fully saturated rings. The quantitative estimate of drug-likeness (QED) is 0.731. The number of nitrogens with one attached hydrogen (secondary N) is 2. The summed E-state index contributed by atoms with van der Waals surface area (Å²) in [5, 5.41) is 15.1. The lowest BCUT2D eigenvalue weighted by Crippen LogP contribution is -2.13. The molecule has 1 heterocycles. The molecule has 0 aliphatic heterocycles. The number of aromatic nitrogens is 1. The number of nitriles is 1. The molecule has 0 saturated carbocycles. The highest BCUT2D eigenvalue weighted by molar-refractivity contribution is 6.03. The zero-order valence-corrected chi connectivity index (χ0v) is 14.1. The van der Waals surface area contributed by atoms with Crippen LogP contribution in [0.1, 0.15) is 16.1 Å². The molecule has 6 heteroatoms. The summed E-state index contributed by atoms with van der Waals surface area (Å²) in [5.41, 5.74) is 2.77. The van der Waals surface area contributed by atoms with Gasteiger partial charge in [0.05, 0.1) is 18.4 Å². The van der Waals surface area contributed by atoms with Crippen LogP contribution in [0.5, 0.6) is 5.75 Å². The number of hydrogen-bond donors (Lipinski definition) is 2. The van der Waals surface area contributed by atoms with E-state index >= 15 is 0 Å². The lowest BCUT2D eigenvalue weighted by atomic mass is 10.2. The van der Waals surface area contributed by atoms with Gasteiger partial charge in [-0.1, -0.05) is 12.1 Å². The van der Waals surface area contributed by atoms with Crippen molar-refractivity contribution in [3.8, 4) is 11.8 Å². The molecule has 1 aromatic heterocycles. The first kappa shape index (κ1) is 17.0. The average Bonchev–Trinajstić information content (AvgIpc) is 2.69. The van der Waals surface area contributed by atoms with Crippen LogP contribution in [0.2, 0.25) is 0 Å². The Morgan fingerprint density at radius 3 is 2.58 bits per heavy atom. The molecule has 3 rings (SSSR count). The van der Waals surface area contributed by atoms with Gasteiger partial charge in [0.1, 0.15) is 17.5 Å². The Kier molecular flexibility index (Phi) is 5.11. The largest absolute Gasteiger partial charge is 0.497 e. The minimum absolute atomic E-state index is 0.264. The molecule has 0 atom stereocenters. The summed E-state index contributed by atoms with van der Waals surface area (Å²) in [5.74, 6) is 0.385. The highest BCUT2D eigenvalue weighted by Gasteiger charge is 2.09. The van der Waals surface area contributed by atoms with Crippen molar-refractivity contribution < 1.29 is 9.53 Å². The molecule has 1 amide bonds. The number of pyridine rings is 1. The minimum Gasteiger partial charge on any atom is -0.497 e. The number of rotatable bonds is 5. The number of para-hydroxylation sites is 1. The zero-order chi connectivity index (χ0) is 18.4. The van der Waals surface area contributed by atoms with Crippen LogP contribution in [0.3, 0.4) is 0 Å². The standard InChI is InChI=1S/C20H16N4O2/c1-26-17-8-6-15(7-9-17)24-20(25)19-12-16(10-11-22-19)23-18-5-3-2-4-14(18)13-21/h2-12H,1H3,(H,22,23)(H,24,25). The molecule has 0 bridgehead atoms. The molecule has 0 saturated heterocycles. The lowest BCUT2D eigenvalue weighted by molar-refractivity contribution is 0.102. The molecule has 26 heavy (non-hydrogen) atoms. The van der Waals surface area contributed by atoms with Crippen LogP contribution in [0, 0.1) is 11.3 Å². The van der Waals surface area contributed by atoms with Crippen molar-refractivity contribution in [2.75, 3.05) is 17.7 Å². The van der Waals surface area contributed by atoms with Crippen molar-refractivity contribution in [3.63, 3.8) is 0 Å². The van der Waals surface area contributed by atoms with Gasteiger partial charge >= 0.3 is 0 Å². The van der Waals surface area contributed by atoms with Crippen molar-refractivity contribution in [2.24, 2.45) is 0 Å². The van der Waals surface area contributed by atoms with Crippen molar-refractivity contribution in [3.05, 3.63) is 78.1 Å².